The van der Waals surface area contributed by atoms with E-state index >= 15 is 0 Å². The van der Waals surface area contributed by atoms with Gasteiger partial charge in [-0.3, -0.25) is 0 Å². The second-order valence-electron chi connectivity index (χ2n) is 7.00. The summed E-state index contributed by atoms with van der Waals surface area (Å²) >= 11 is 0. The van der Waals surface area contributed by atoms with Crippen molar-refractivity contribution in [1.29, 1.82) is 0 Å². The first kappa shape index (κ1) is 21.7. The van der Waals surface area contributed by atoms with E-state index in [9.17, 15) is 0 Å². The van der Waals surface area contributed by atoms with Crippen LogP contribution in [0.4, 0.5) is 0 Å². The predicted octanol–water partition coefficient (Wildman–Crippen LogP) is 8.60. The summed E-state index contributed by atoms with van der Waals surface area (Å²) < 4.78 is 0. The summed E-state index contributed by atoms with van der Waals surface area (Å²) in [6.07, 6.45) is 30.4. The summed E-state index contributed by atoms with van der Waals surface area (Å²) in [5.74, 6) is 0. The Hall–Kier alpha value is -0.260. The van der Waals surface area contributed by atoms with Gasteiger partial charge in [-0.2, -0.15) is 0 Å². The molecule has 0 amide bonds. The second-order valence-corrected chi connectivity index (χ2v) is 7.00. The van der Waals surface area contributed by atoms with Crippen LogP contribution in [0.2, 0.25) is 0 Å². The number of unbranched alkanes of at least 4 members (excludes halogenated alkanes) is 16. The first-order valence-corrected chi connectivity index (χ1v) is 10.6. The van der Waals surface area contributed by atoms with Crippen molar-refractivity contribution in [2.24, 2.45) is 0 Å². The van der Waals surface area contributed by atoms with Gasteiger partial charge in [0.2, 0.25) is 0 Å². The van der Waals surface area contributed by atoms with Crippen LogP contribution in [-0.2, 0) is 0 Å². The fourth-order valence-corrected chi connectivity index (χ4v) is 3.03. The molecule has 0 atom stereocenters. The zero-order valence-corrected chi connectivity index (χ0v) is 15.9. The third-order valence-electron chi connectivity index (χ3n) is 4.62. The molecule has 0 unspecified atom stereocenters. The van der Waals surface area contributed by atoms with E-state index in [0.717, 1.165) is 0 Å². The lowest BCUT2D eigenvalue weighted by molar-refractivity contribution is 0.550. The minimum absolute atomic E-state index is 1.31. The maximum absolute atomic E-state index is 2.42. The van der Waals surface area contributed by atoms with Gasteiger partial charge in [0, 0.05) is 0 Å². The van der Waals surface area contributed by atoms with Gasteiger partial charge in [-0.05, 0) is 25.7 Å². The van der Waals surface area contributed by atoms with Gasteiger partial charge in [-0.1, -0.05) is 116 Å². The fourth-order valence-electron chi connectivity index (χ4n) is 3.03. The minimum atomic E-state index is 1.31. The Morgan fingerprint density at radius 1 is 0.364 bits per heavy atom. The van der Waals surface area contributed by atoms with Crippen LogP contribution < -0.4 is 0 Å². The summed E-state index contributed by atoms with van der Waals surface area (Å²) in [4.78, 5) is 0. The van der Waals surface area contributed by atoms with Gasteiger partial charge >= 0.3 is 0 Å². The Labute approximate surface area is 142 Å². The van der Waals surface area contributed by atoms with Crippen molar-refractivity contribution in [3.63, 3.8) is 0 Å². The molecule has 0 aromatic carbocycles. The third-order valence-corrected chi connectivity index (χ3v) is 4.62. The summed E-state index contributed by atoms with van der Waals surface area (Å²) in [6, 6.07) is 0. The molecule has 0 saturated carbocycles. The van der Waals surface area contributed by atoms with Crippen LogP contribution in [0.3, 0.4) is 0 Å². The molecule has 0 rings (SSSR count). The van der Waals surface area contributed by atoms with Crippen molar-refractivity contribution in [2.45, 2.75) is 129 Å². The zero-order chi connectivity index (χ0) is 16.1. The number of hydrogen-bond donors (Lipinski definition) is 0. The maximum atomic E-state index is 2.42. The summed E-state index contributed by atoms with van der Waals surface area (Å²) in [6.45, 7) is 4.58. The van der Waals surface area contributed by atoms with E-state index < -0.39 is 0 Å². The topological polar surface area (TPSA) is 0 Å². The highest BCUT2D eigenvalue weighted by Gasteiger charge is 1.92. The van der Waals surface area contributed by atoms with Crippen LogP contribution in [0.15, 0.2) is 12.2 Å². The van der Waals surface area contributed by atoms with Crippen molar-refractivity contribution in [3.8, 4) is 0 Å². The van der Waals surface area contributed by atoms with Crippen LogP contribution in [0.1, 0.15) is 129 Å². The summed E-state index contributed by atoms with van der Waals surface area (Å²) in [7, 11) is 0. The lowest BCUT2D eigenvalue weighted by Gasteiger charge is -2.01. The molecule has 0 radical (unpaired) electrons. The Morgan fingerprint density at radius 2 is 0.636 bits per heavy atom. The van der Waals surface area contributed by atoms with Crippen LogP contribution >= 0.6 is 0 Å². The zero-order valence-electron chi connectivity index (χ0n) is 15.9. The van der Waals surface area contributed by atoms with Gasteiger partial charge in [0.25, 0.3) is 0 Å². The van der Waals surface area contributed by atoms with Crippen LogP contribution in [0.5, 0.6) is 0 Å². The predicted molar refractivity (Wildman–Crippen MR) is 104 cm³/mol. The highest BCUT2D eigenvalue weighted by Crippen LogP contribution is 2.12. The van der Waals surface area contributed by atoms with Gasteiger partial charge in [-0.25, -0.2) is 0 Å². The average Bonchev–Trinajstić information content (AvgIpc) is 2.54. The van der Waals surface area contributed by atoms with Crippen molar-refractivity contribution in [3.05, 3.63) is 12.2 Å². The van der Waals surface area contributed by atoms with Gasteiger partial charge < -0.3 is 0 Å². The Morgan fingerprint density at radius 3 is 0.955 bits per heavy atom. The smallest absolute Gasteiger partial charge is 0.0351 e. The molecule has 0 aliphatic rings. The highest BCUT2D eigenvalue weighted by atomic mass is 14.0. The van der Waals surface area contributed by atoms with E-state index in [1.54, 1.807) is 0 Å². The van der Waals surface area contributed by atoms with Crippen LogP contribution in [-0.4, -0.2) is 0 Å². The largest absolute Gasteiger partial charge is 0.0885 e. The molecule has 0 spiro atoms. The molecule has 0 aromatic rings. The van der Waals surface area contributed by atoms with Gasteiger partial charge in [0.15, 0.2) is 0 Å². The highest BCUT2D eigenvalue weighted by molar-refractivity contribution is 4.81. The molecule has 0 fully saturated rings. The molecular weight excluding hydrogens is 264 g/mol. The maximum Gasteiger partial charge on any atom is -0.0351 e. The molecule has 0 aromatic heterocycles. The van der Waals surface area contributed by atoms with E-state index in [4.69, 9.17) is 0 Å². The molecule has 0 saturated heterocycles. The van der Waals surface area contributed by atoms with Crippen molar-refractivity contribution < 1.29 is 0 Å². The Bertz CT molecular complexity index is 204. The van der Waals surface area contributed by atoms with E-state index in [1.807, 2.05) is 0 Å². The van der Waals surface area contributed by atoms with Gasteiger partial charge in [0.05, 0.1) is 0 Å². The lowest BCUT2D eigenvalue weighted by Crippen LogP contribution is -1.82. The van der Waals surface area contributed by atoms with Crippen molar-refractivity contribution in [1.82, 2.24) is 0 Å². The molecule has 0 aliphatic carbocycles. The molecule has 0 N–H and O–H groups in total. The third kappa shape index (κ3) is 19.7. The van der Waals surface area contributed by atoms with E-state index in [1.165, 1.54) is 116 Å². The molecule has 0 heterocycles. The average molecular weight is 309 g/mol. The first-order chi connectivity index (χ1) is 10.9. The lowest BCUT2D eigenvalue weighted by atomic mass is 10.1. The molecule has 0 nitrogen and oxygen atoms in total. The van der Waals surface area contributed by atoms with Crippen molar-refractivity contribution in [2.75, 3.05) is 0 Å². The summed E-state index contributed by atoms with van der Waals surface area (Å²) in [5.41, 5.74) is 0. The summed E-state index contributed by atoms with van der Waals surface area (Å²) in [5, 5.41) is 0. The van der Waals surface area contributed by atoms with Gasteiger partial charge in [0.1, 0.15) is 0 Å². The molecule has 0 aliphatic heterocycles. The minimum Gasteiger partial charge on any atom is -0.0885 e. The molecule has 0 bridgehead atoms. The van der Waals surface area contributed by atoms with Gasteiger partial charge in [-0.15, -0.1) is 0 Å². The van der Waals surface area contributed by atoms with E-state index in [2.05, 4.69) is 26.0 Å². The number of allylic oxidation sites excluding steroid dienone is 2. The van der Waals surface area contributed by atoms with E-state index in [-0.39, 0.29) is 0 Å². The number of hydrogen-bond acceptors (Lipinski definition) is 0. The first-order valence-electron chi connectivity index (χ1n) is 10.6. The number of rotatable bonds is 18. The Kier molecular flexibility index (Phi) is 20.5. The SMILES string of the molecule is CCCCCCC/C=C\CCCCCCCCCCCCC. The Balaban J connectivity index is 3.01. The van der Waals surface area contributed by atoms with Crippen LogP contribution in [0, 0.1) is 0 Å². The molecule has 22 heavy (non-hydrogen) atoms. The second kappa shape index (κ2) is 20.7. The molecule has 132 valence electrons. The standard InChI is InChI=1S/C22H44/c1-3-5-7-9-11-13-15-17-19-21-22-20-18-16-14-12-10-8-6-4-2/h15,17H,3-14,16,18-22H2,1-2H3/b17-15-. The molecular formula is C22H44. The van der Waals surface area contributed by atoms with Crippen molar-refractivity contribution >= 4 is 0 Å². The monoisotopic (exact) mass is 308 g/mol. The van der Waals surface area contributed by atoms with Crippen LogP contribution in [0.25, 0.3) is 0 Å². The van der Waals surface area contributed by atoms with E-state index in [0.29, 0.717) is 0 Å². The fraction of sp³-hybridized carbons (Fsp3) is 0.909. The normalized spacial score (nSPS) is 11.5. The quantitative estimate of drug-likeness (QED) is 0.176. The molecule has 0 heteroatoms.